The Morgan fingerprint density at radius 2 is 2.16 bits per heavy atom. The number of ether oxygens (including phenoxy) is 1. The smallest absolute Gasteiger partial charge is 0.410 e. The van der Waals surface area contributed by atoms with Gasteiger partial charge in [0.15, 0.2) is 0 Å². The second-order valence-corrected chi connectivity index (χ2v) is 6.61. The van der Waals surface area contributed by atoms with E-state index in [0.717, 1.165) is 0 Å². The Hall–Kier alpha value is -1.30. The Kier molecular flexibility index (Phi) is 3.47. The molecule has 2 saturated heterocycles. The lowest BCUT2D eigenvalue weighted by Crippen LogP contribution is -2.68. The molecule has 19 heavy (non-hydrogen) atoms. The van der Waals surface area contributed by atoms with Crippen molar-refractivity contribution in [2.45, 2.75) is 32.8 Å². The number of hydrogen-bond acceptors (Lipinski definition) is 4. The number of amides is 2. The number of nitrogens with zero attached hydrogens (tertiary/aromatic N) is 1. The van der Waals surface area contributed by atoms with Crippen molar-refractivity contribution in [1.29, 1.82) is 0 Å². The number of nitrogens with two attached hydrogens (primary N) is 1. The second kappa shape index (κ2) is 4.67. The van der Waals surface area contributed by atoms with Crippen LogP contribution in [0, 0.1) is 11.3 Å². The summed E-state index contributed by atoms with van der Waals surface area (Å²) in [5.74, 6) is 0.289. The average Bonchev–Trinajstić information content (AvgIpc) is 2.23. The van der Waals surface area contributed by atoms with Gasteiger partial charge in [-0.25, -0.2) is 4.79 Å². The Labute approximate surface area is 113 Å². The number of rotatable bonds is 1. The summed E-state index contributed by atoms with van der Waals surface area (Å²) in [5.41, 5.74) is 5.14. The van der Waals surface area contributed by atoms with E-state index in [4.69, 9.17) is 10.5 Å². The predicted octanol–water partition coefficient (Wildman–Crippen LogP) is 0.318. The third-order valence-corrected chi connectivity index (χ3v) is 3.87. The third kappa shape index (κ3) is 2.83. The summed E-state index contributed by atoms with van der Waals surface area (Å²) in [6, 6.07) is 0. The van der Waals surface area contributed by atoms with Gasteiger partial charge in [-0.3, -0.25) is 4.79 Å². The summed E-state index contributed by atoms with van der Waals surface area (Å²) >= 11 is 0. The van der Waals surface area contributed by atoms with Crippen molar-refractivity contribution in [1.82, 2.24) is 10.2 Å². The van der Waals surface area contributed by atoms with E-state index in [0.29, 0.717) is 32.6 Å². The lowest BCUT2D eigenvalue weighted by molar-refractivity contribution is -0.136. The predicted molar refractivity (Wildman–Crippen MR) is 70.4 cm³/mol. The minimum absolute atomic E-state index is 0.0496. The van der Waals surface area contributed by atoms with Gasteiger partial charge >= 0.3 is 6.09 Å². The van der Waals surface area contributed by atoms with Crippen LogP contribution in [-0.4, -0.2) is 48.7 Å². The van der Waals surface area contributed by atoms with Crippen LogP contribution in [0.25, 0.3) is 0 Å². The van der Waals surface area contributed by atoms with Crippen LogP contribution >= 0.6 is 0 Å². The maximum atomic E-state index is 11.9. The lowest BCUT2D eigenvalue weighted by atomic mass is 9.65. The fraction of sp³-hybridized carbons (Fsp3) is 0.846. The molecule has 1 unspecified atom stereocenters. The minimum atomic E-state index is -0.489. The molecule has 2 rings (SSSR count). The largest absolute Gasteiger partial charge is 0.444 e. The summed E-state index contributed by atoms with van der Waals surface area (Å²) in [7, 11) is 0. The van der Waals surface area contributed by atoms with Crippen LogP contribution in [0.15, 0.2) is 0 Å². The molecule has 1 spiro atoms. The molecule has 0 saturated carbocycles. The van der Waals surface area contributed by atoms with E-state index in [1.165, 1.54) is 0 Å². The molecule has 3 N–H and O–H groups in total. The van der Waals surface area contributed by atoms with Gasteiger partial charge in [-0.1, -0.05) is 0 Å². The quantitative estimate of drug-likeness (QED) is 0.718. The Morgan fingerprint density at radius 3 is 2.68 bits per heavy atom. The maximum absolute atomic E-state index is 11.9. The standard InChI is InChI=1S/C13H23N3O3/c1-12(2,3)19-11(18)16-7-13(8-16)4-10(17)15-6-9(13)5-14/h9H,4-8,14H2,1-3H3,(H,15,17). The van der Waals surface area contributed by atoms with Gasteiger partial charge in [-0.05, 0) is 33.2 Å². The minimum Gasteiger partial charge on any atom is -0.444 e. The number of likely N-dealkylation sites (tertiary alicyclic amines) is 1. The molecule has 0 aliphatic carbocycles. The first-order valence-corrected chi connectivity index (χ1v) is 6.70. The van der Waals surface area contributed by atoms with Crippen molar-refractivity contribution in [2.24, 2.45) is 17.1 Å². The van der Waals surface area contributed by atoms with Crippen molar-refractivity contribution in [3.05, 3.63) is 0 Å². The number of hydrogen-bond donors (Lipinski definition) is 2. The van der Waals surface area contributed by atoms with Crippen LogP contribution < -0.4 is 11.1 Å². The first-order chi connectivity index (χ1) is 8.76. The van der Waals surface area contributed by atoms with Gasteiger partial charge in [0.2, 0.25) is 5.91 Å². The third-order valence-electron chi connectivity index (χ3n) is 3.87. The van der Waals surface area contributed by atoms with Crippen molar-refractivity contribution in [3.8, 4) is 0 Å². The highest BCUT2D eigenvalue weighted by atomic mass is 16.6. The Bertz CT molecular complexity index is 383. The fourth-order valence-corrected chi connectivity index (χ4v) is 2.85. The molecule has 2 aliphatic heterocycles. The van der Waals surface area contributed by atoms with Crippen molar-refractivity contribution in [3.63, 3.8) is 0 Å². The zero-order valence-electron chi connectivity index (χ0n) is 11.9. The van der Waals surface area contributed by atoms with E-state index in [1.807, 2.05) is 20.8 Å². The van der Waals surface area contributed by atoms with Gasteiger partial charge in [0.25, 0.3) is 0 Å². The van der Waals surface area contributed by atoms with E-state index < -0.39 is 5.60 Å². The summed E-state index contributed by atoms with van der Waals surface area (Å²) in [4.78, 5) is 25.1. The zero-order valence-corrected chi connectivity index (χ0v) is 11.9. The highest BCUT2D eigenvalue weighted by molar-refractivity contribution is 5.79. The van der Waals surface area contributed by atoms with E-state index >= 15 is 0 Å². The first-order valence-electron chi connectivity index (χ1n) is 6.70. The Balaban J connectivity index is 1.96. The summed E-state index contributed by atoms with van der Waals surface area (Å²) in [6.07, 6.45) is 0.147. The molecule has 2 aliphatic rings. The molecular formula is C13H23N3O3. The van der Waals surface area contributed by atoms with Crippen molar-refractivity contribution in [2.75, 3.05) is 26.2 Å². The molecule has 2 amide bonds. The van der Waals surface area contributed by atoms with Gasteiger partial charge in [-0.2, -0.15) is 0 Å². The normalized spacial score (nSPS) is 25.8. The Morgan fingerprint density at radius 1 is 1.53 bits per heavy atom. The van der Waals surface area contributed by atoms with E-state index in [-0.39, 0.29) is 23.3 Å². The van der Waals surface area contributed by atoms with Crippen molar-refractivity contribution >= 4 is 12.0 Å². The molecule has 0 radical (unpaired) electrons. The molecule has 0 aromatic rings. The highest BCUT2D eigenvalue weighted by Gasteiger charge is 2.53. The molecular weight excluding hydrogens is 246 g/mol. The number of carbonyl (C=O) groups is 2. The van der Waals surface area contributed by atoms with Gasteiger partial charge in [0.1, 0.15) is 5.60 Å². The van der Waals surface area contributed by atoms with Crippen LogP contribution in [0.1, 0.15) is 27.2 Å². The second-order valence-electron chi connectivity index (χ2n) is 6.61. The van der Waals surface area contributed by atoms with Gasteiger partial charge in [0.05, 0.1) is 0 Å². The molecule has 2 heterocycles. The topological polar surface area (TPSA) is 84.7 Å². The van der Waals surface area contributed by atoms with E-state index in [9.17, 15) is 9.59 Å². The van der Waals surface area contributed by atoms with Gasteiger partial charge in [-0.15, -0.1) is 0 Å². The maximum Gasteiger partial charge on any atom is 0.410 e. The average molecular weight is 269 g/mol. The summed E-state index contributed by atoms with van der Waals surface area (Å²) in [6.45, 7) is 7.81. The van der Waals surface area contributed by atoms with E-state index in [1.54, 1.807) is 4.90 Å². The molecule has 6 nitrogen and oxygen atoms in total. The van der Waals surface area contributed by atoms with Crippen molar-refractivity contribution < 1.29 is 14.3 Å². The summed E-state index contributed by atoms with van der Waals surface area (Å²) in [5, 5.41) is 2.84. The monoisotopic (exact) mass is 269 g/mol. The van der Waals surface area contributed by atoms with Crippen LogP contribution in [-0.2, 0) is 9.53 Å². The molecule has 108 valence electrons. The molecule has 0 aromatic heterocycles. The number of nitrogens with one attached hydrogen (secondary N) is 1. The fourth-order valence-electron chi connectivity index (χ4n) is 2.85. The molecule has 1 atom stereocenters. The van der Waals surface area contributed by atoms with Crippen LogP contribution in [0.5, 0.6) is 0 Å². The lowest BCUT2D eigenvalue weighted by Gasteiger charge is -2.55. The summed E-state index contributed by atoms with van der Waals surface area (Å²) < 4.78 is 5.33. The molecule has 2 fully saturated rings. The molecule has 6 heteroatoms. The van der Waals surface area contributed by atoms with E-state index in [2.05, 4.69) is 5.32 Å². The first kappa shape index (κ1) is 14.1. The van der Waals surface area contributed by atoms with Gasteiger partial charge < -0.3 is 20.7 Å². The highest BCUT2D eigenvalue weighted by Crippen LogP contribution is 2.43. The van der Waals surface area contributed by atoms with Crippen LogP contribution in [0.3, 0.4) is 0 Å². The van der Waals surface area contributed by atoms with Gasteiger partial charge in [0, 0.05) is 31.5 Å². The van der Waals surface area contributed by atoms with Crippen LogP contribution in [0.4, 0.5) is 4.79 Å². The number of piperidine rings is 1. The van der Waals surface area contributed by atoms with Crippen LogP contribution in [0.2, 0.25) is 0 Å². The number of carbonyl (C=O) groups excluding carboxylic acids is 2. The molecule has 0 aromatic carbocycles. The molecule has 0 bridgehead atoms. The SMILES string of the molecule is CC(C)(C)OC(=O)N1CC2(CC(=O)NCC2CN)C1. The zero-order chi connectivity index (χ0) is 14.3.